The molecule has 0 amide bonds. The van der Waals surface area contributed by atoms with Crippen LogP contribution in [-0.2, 0) is 5.41 Å². The fourth-order valence-corrected chi connectivity index (χ4v) is 5.60. The van der Waals surface area contributed by atoms with Gasteiger partial charge in [0.05, 0.1) is 0 Å². The third kappa shape index (κ3) is 3.30. The van der Waals surface area contributed by atoms with Gasteiger partial charge in [0.1, 0.15) is 5.01 Å². The Morgan fingerprint density at radius 2 is 1.83 bits per heavy atom. The number of thiazole rings is 1. The Kier molecular flexibility index (Phi) is 4.18. The fourth-order valence-electron chi connectivity index (χ4n) is 5.07. The van der Waals surface area contributed by atoms with Crippen LogP contribution in [0.25, 0.3) is 28.5 Å². The summed E-state index contributed by atoms with van der Waals surface area (Å²) in [4.78, 5) is 4.36. The van der Waals surface area contributed by atoms with Crippen LogP contribution < -0.4 is 0 Å². The molecule has 0 radical (unpaired) electrons. The third-order valence-electron chi connectivity index (χ3n) is 6.29. The summed E-state index contributed by atoms with van der Waals surface area (Å²) in [5, 5.41) is 5.78. The molecule has 5 rings (SSSR count). The molecular weight excluding hydrogens is 370 g/mol. The zero-order valence-corrected chi connectivity index (χ0v) is 18.4. The van der Waals surface area contributed by atoms with Gasteiger partial charge in [-0.1, -0.05) is 75.8 Å². The van der Waals surface area contributed by atoms with Crippen molar-refractivity contribution in [2.45, 2.75) is 46.0 Å². The van der Waals surface area contributed by atoms with Crippen molar-refractivity contribution in [3.63, 3.8) is 0 Å². The molecule has 1 aromatic heterocycles. The molecule has 1 nitrogen and oxygen atoms in total. The molecule has 2 aliphatic rings. The number of benzene rings is 2. The number of rotatable bonds is 2. The molecule has 2 aliphatic carbocycles. The fraction of sp³-hybridized carbons (Fsp3) is 0.296. The van der Waals surface area contributed by atoms with Crippen molar-refractivity contribution in [2.24, 2.45) is 5.41 Å². The van der Waals surface area contributed by atoms with Crippen molar-refractivity contribution >= 4 is 39.8 Å². The van der Waals surface area contributed by atoms with E-state index in [1.54, 1.807) is 16.9 Å². The van der Waals surface area contributed by atoms with E-state index in [9.17, 15) is 0 Å². The van der Waals surface area contributed by atoms with Crippen molar-refractivity contribution in [3.8, 4) is 0 Å². The van der Waals surface area contributed by atoms with E-state index in [1.807, 2.05) is 11.6 Å². The highest BCUT2D eigenvalue weighted by Crippen LogP contribution is 2.51. The van der Waals surface area contributed by atoms with Crippen LogP contribution in [0.5, 0.6) is 0 Å². The van der Waals surface area contributed by atoms with Gasteiger partial charge in [-0.25, -0.2) is 4.98 Å². The second-order valence-corrected chi connectivity index (χ2v) is 10.7. The molecule has 0 bridgehead atoms. The first-order valence-electron chi connectivity index (χ1n) is 10.4. The smallest absolute Gasteiger partial charge is 0.116 e. The van der Waals surface area contributed by atoms with E-state index in [-0.39, 0.29) is 10.8 Å². The summed E-state index contributed by atoms with van der Waals surface area (Å²) in [7, 11) is 0. The molecule has 0 fully saturated rings. The van der Waals surface area contributed by atoms with Gasteiger partial charge in [-0.05, 0) is 68.8 Å². The molecule has 0 N–H and O–H groups in total. The first kappa shape index (κ1) is 18.6. The van der Waals surface area contributed by atoms with E-state index in [4.69, 9.17) is 0 Å². The normalized spacial score (nSPS) is 19.6. The van der Waals surface area contributed by atoms with Crippen LogP contribution in [0, 0.1) is 5.41 Å². The summed E-state index contributed by atoms with van der Waals surface area (Å²) in [6.45, 7) is 9.52. The van der Waals surface area contributed by atoms with Crippen LogP contribution in [0.15, 0.2) is 59.6 Å². The van der Waals surface area contributed by atoms with Gasteiger partial charge in [0.25, 0.3) is 0 Å². The van der Waals surface area contributed by atoms with Crippen LogP contribution in [0.3, 0.4) is 0 Å². The van der Waals surface area contributed by atoms with Crippen LogP contribution in [-0.4, -0.2) is 4.98 Å². The summed E-state index contributed by atoms with van der Waals surface area (Å²) >= 11 is 1.67. The average molecular weight is 398 g/mol. The largest absolute Gasteiger partial charge is 0.245 e. The molecule has 2 heteroatoms. The summed E-state index contributed by atoms with van der Waals surface area (Å²) in [6, 6.07) is 11.5. The second-order valence-electron chi connectivity index (χ2n) is 9.75. The predicted octanol–water partition coefficient (Wildman–Crippen LogP) is 7.89. The van der Waals surface area contributed by atoms with Crippen LogP contribution in [0.1, 0.15) is 62.2 Å². The van der Waals surface area contributed by atoms with E-state index in [2.05, 4.69) is 87.3 Å². The first-order valence-corrected chi connectivity index (χ1v) is 11.3. The lowest BCUT2D eigenvalue weighted by Crippen LogP contribution is -2.27. The zero-order valence-electron chi connectivity index (χ0n) is 17.6. The number of hydrogen-bond donors (Lipinski definition) is 0. The Balaban J connectivity index is 1.67. The lowest BCUT2D eigenvalue weighted by molar-refractivity contribution is 0.429. The summed E-state index contributed by atoms with van der Waals surface area (Å²) in [5.74, 6) is 0. The highest BCUT2D eigenvalue weighted by atomic mass is 32.1. The van der Waals surface area contributed by atoms with Gasteiger partial charge in [-0.3, -0.25) is 0 Å². The van der Waals surface area contributed by atoms with Crippen LogP contribution in [0.4, 0.5) is 0 Å². The van der Waals surface area contributed by atoms with Crippen molar-refractivity contribution in [2.75, 3.05) is 0 Å². The van der Waals surface area contributed by atoms with Gasteiger partial charge >= 0.3 is 0 Å². The Morgan fingerprint density at radius 1 is 1.00 bits per heavy atom. The SMILES string of the molecule is CC1(C)C=CC2=C(C1)CC(C)(C)c1c2ccc2ccc(/C=C/c3nccs3)cc12. The van der Waals surface area contributed by atoms with E-state index in [1.165, 1.54) is 33.0 Å². The first-order chi connectivity index (χ1) is 13.8. The monoisotopic (exact) mass is 397 g/mol. The van der Waals surface area contributed by atoms with Crippen molar-refractivity contribution in [1.82, 2.24) is 4.98 Å². The van der Waals surface area contributed by atoms with Crippen molar-refractivity contribution in [3.05, 3.63) is 81.3 Å². The minimum Gasteiger partial charge on any atom is -0.245 e. The third-order valence-corrected chi connectivity index (χ3v) is 7.03. The van der Waals surface area contributed by atoms with Gasteiger partial charge in [-0.15, -0.1) is 11.3 Å². The van der Waals surface area contributed by atoms with Crippen molar-refractivity contribution < 1.29 is 0 Å². The Hall–Kier alpha value is -2.45. The number of aromatic nitrogens is 1. The molecule has 0 saturated carbocycles. The second kappa shape index (κ2) is 6.53. The molecule has 0 spiro atoms. The lowest BCUT2D eigenvalue weighted by Gasteiger charge is -2.40. The van der Waals surface area contributed by atoms with E-state index in [0.29, 0.717) is 0 Å². The zero-order chi connectivity index (χ0) is 20.2. The van der Waals surface area contributed by atoms with Gasteiger partial charge in [0, 0.05) is 11.6 Å². The molecule has 1 heterocycles. The maximum atomic E-state index is 4.36. The maximum Gasteiger partial charge on any atom is 0.116 e. The minimum atomic E-state index is 0.132. The Labute approximate surface area is 177 Å². The molecule has 0 aliphatic heterocycles. The summed E-state index contributed by atoms with van der Waals surface area (Å²) in [6.07, 6.45) is 13.2. The van der Waals surface area contributed by atoms with E-state index >= 15 is 0 Å². The standard InChI is InChI=1S/C27H27NS/c1-26(2)12-11-21-20(16-26)17-27(3,4)25-22(21)9-8-19-7-5-18(15-23(19)25)6-10-24-28-13-14-29-24/h5-15H,16-17H2,1-4H3/b10-6+. The lowest BCUT2D eigenvalue weighted by atomic mass is 9.64. The van der Waals surface area contributed by atoms with Gasteiger partial charge in [0.2, 0.25) is 0 Å². The van der Waals surface area contributed by atoms with Gasteiger partial charge in [0.15, 0.2) is 0 Å². The quantitative estimate of drug-likeness (QED) is 0.428. The highest BCUT2D eigenvalue weighted by molar-refractivity contribution is 7.10. The van der Waals surface area contributed by atoms with Gasteiger partial charge in [-0.2, -0.15) is 0 Å². The highest BCUT2D eigenvalue weighted by Gasteiger charge is 2.36. The number of nitrogens with zero attached hydrogens (tertiary/aromatic N) is 1. The maximum absolute atomic E-state index is 4.36. The minimum absolute atomic E-state index is 0.132. The van der Waals surface area contributed by atoms with Crippen molar-refractivity contribution in [1.29, 1.82) is 0 Å². The molecule has 3 aromatic rings. The predicted molar refractivity (Wildman–Crippen MR) is 127 cm³/mol. The van der Waals surface area contributed by atoms with Crippen LogP contribution in [0.2, 0.25) is 0 Å². The molecule has 29 heavy (non-hydrogen) atoms. The summed E-state index contributed by atoms with van der Waals surface area (Å²) < 4.78 is 0. The molecule has 146 valence electrons. The molecule has 0 atom stereocenters. The number of fused-ring (bicyclic) bond motifs is 4. The molecule has 0 unspecified atom stereocenters. The number of hydrogen-bond acceptors (Lipinski definition) is 2. The Bertz CT molecular complexity index is 1190. The number of allylic oxidation sites excluding steroid dienone is 4. The Morgan fingerprint density at radius 3 is 2.62 bits per heavy atom. The van der Waals surface area contributed by atoms with Crippen LogP contribution >= 0.6 is 11.3 Å². The molecule has 2 aromatic carbocycles. The molecule has 0 saturated heterocycles. The molecular formula is C27H27NS. The topological polar surface area (TPSA) is 12.9 Å². The summed E-state index contributed by atoms with van der Waals surface area (Å²) in [5.41, 5.74) is 7.64. The van der Waals surface area contributed by atoms with E-state index in [0.717, 1.165) is 17.8 Å². The average Bonchev–Trinajstić information content (AvgIpc) is 3.17. The van der Waals surface area contributed by atoms with E-state index < -0.39 is 0 Å². The van der Waals surface area contributed by atoms with Gasteiger partial charge < -0.3 is 0 Å².